The number of nitrogens with one attached hydrogen (secondary N) is 2. The van der Waals surface area contributed by atoms with E-state index in [1.165, 1.54) is 0 Å². The summed E-state index contributed by atoms with van der Waals surface area (Å²) in [5.74, 6) is 0.486. The number of methoxy groups -OCH3 is 1. The number of ether oxygens (including phenoxy) is 1. The molecule has 6 nitrogen and oxygen atoms in total. The molecule has 0 bridgehead atoms. The Kier molecular flexibility index (Phi) is 6.84. The molecule has 4 rings (SSSR count). The van der Waals surface area contributed by atoms with Gasteiger partial charge in [0.2, 0.25) is 0 Å². The lowest BCUT2D eigenvalue weighted by Gasteiger charge is -2.14. The minimum atomic E-state index is -0.341. The van der Waals surface area contributed by atoms with E-state index in [-0.39, 0.29) is 12.5 Å². The molecule has 164 valence electrons. The van der Waals surface area contributed by atoms with Crippen molar-refractivity contribution in [2.45, 2.75) is 13.2 Å². The zero-order valence-corrected chi connectivity index (χ0v) is 18.2. The number of nitrogens with zero attached hydrogens (tertiary/aromatic N) is 1. The number of nitriles is 1. The fraction of sp³-hybridized carbons (Fsp3) is 0.111. The molecule has 0 aromatic heterocycles. The number of fused-ring (bicyclic) bond motifs is 1. The van der Waals surface area contributed by atoms with Gasteiger partial charge in [-0.25, -0.2) is 5.48 Å². The second-order valence-electron chi connectivity index (χ2n) is 7.40. The molecule has 0 aliphatic rings. The van der Waals surface area contributed by atoms with Crippen LogP contribution >= 0.6 is 0 Å². The van der Waals surface area contributed by atoms with E-state index >= 15 is 0 Å². The lowest BCUT2D eigenvalue weighted by atomic mass is 10.0. The van der Waals surface area contributed by atoms with Gasteiger partial charge < -0.3 is 10.1 Å². The summed E-state index contributed by atoms with van der Waals surface area (Å²) in [7, 11) is 1.66. The Morgan fingerprint density at radius 3 is 2.39 bits per heavy atom. The number of hydroxylamine groups is 1. The first-order valence-corrected chi connectivity index (χ1v) is 10.5. The summed E-state index contributed by atoms with van der Waals surface area (Å²) in [5, 5.41) is 14.4. The minimum absolute atomic E-state index is 0.199. The maximum atomic E-state index is 12.7. The second-order valence-corrected chi connectivity index (χ2v) is 7.40. The van der Waals surface area contributed by atoms with Crippen LogP contribution in [0.2, 0.25) is 0 Å². The number of anilines is 1. The third-order valence-electron chi connectivity index (χ3n) is 5.32. The molecule has 0 aliphatic carbocycles. The Morgan fingerprint density at radius 2 is 1.64 bits per heavy atom. The molecule has 0 unspecified atom stereocenters. The highest BCUT2D eigenvalue weighted by atomic mass is 16.6. The highest BCUT2D eigenvalue weighted by Crippen LogP contribution is 2.29. The molecule has 6 heteroatoms. The molecule has 0 aliphatic heterocycles. The summed E-state index contributed by atoms with van der Waals surface area (Å²) in [6.45, 7) is 0.742. The molecule has 4 aromatic rings. The molecule has 0 atom stereocenters. The molecule has 0 saturated heterocycles. The van der Waals surface area contributed by atoms with Gasteiger partial charge >= 0.3 is 0 Å². The van der Waals surface area contributed by atoms with Crippen molar-refractivity contribution in [2.75, 3.05) is 12.4 Å². The fourth-order valence-electron chi connectivity index (χ4n) is 3.61. The number of para-hydroxylation sites is 1. The van der Waals surface area contributed by atoms with Crippen molar-refractivity contribution in [3.05, 3.63) is 107 Å². The lowest BCUT2D eigenvalue weighted by Crippen LogP contribution is -2.24. The molecule has 0 radical (unpaired) electrons. The molecule has 33 heavy (non-hydrogen) atoms. The Labute approximate surface area is 192 Å². The molecule has 0 fully saturated rings. The van der Waals surface area contributed by atoms with Gasteiger partial charge in [-0.2, -0.15) is 5.26 Å². The van der Waals surface area contributed by atoms with E-state index in [1.54, 1.807) is 37.4 Å². The van der Waals surface area contributed by atoms with Gasteiger partial charge in [0.1, 0.15) is 5.75 Å². The van der Waals surface area contributed by atoms with E-state index in [1.807, 2.05) is 48.5 Å². The Balaban J connectivity index is 1.43. The predicted octanol–water partition coefficient (Wildman–Crippen LogP) is 5.19. The summed E-state index contributed by atoms with van der Waals surface area (Å²) >= 11 is 0. The summed E-state index contributed by atoms with van der Waals surface area (Å²) in [6, 6.07) is 28.4. The van der Waals surface area contributed by atoms with Gasteiger partial charge in [-0.05, 0) is 46.8 Å². The highest BCUT2D eigenvalue weighted by molar-refractivity contribution is 5.99. The van der Waals surface area contributed by atoms with Crippen molar-refractivity contribution >= 4 is 22.4 Å². The summed E-state index contributed by atoms with van der Waals surface area (Å²) in [4.78, 5) is 18.1. The fourth-order valence-corrected chi connectivity index (χ4v) is 3.61. The van der Waals surface area contributed by atoms with Crippen molar-refractivity contribution in [2.24, 2.45) is 0 Å². The average Bonchev–Trinajstić information content (AvgIpc) is 2.87. The largest absolute Gasteiger partial charge is 0.496 e. The van der Waals surface area contributed by atoms with Crippen LogP contribution in [0.25, 0.3) is 10.8 Å². The van der Waals surface area contributed by atoms with E-state index < -0.39 is 0 Å². The number of rotatable bonds is 8. The summed E-state index contributed by atoms with van der Waals surface area (Å²) in [6.07, 6.45) is 0. The van der Waals surface area contributed by atoms with Crippen LogP contribution in [0, 0.1) is 11.3 Å². The molecule has 0 spiro atoms. The first-order chi connectivity index (χ1) is 16.2. The minimum Gasteiger partial charge on any atom is -0.496 e. The quantitative estimate of drug-likeness (QED) is 0.371. The van der Waals surface area contributed by atoms with Crippen molar-refractivity contribution < 1.29 is 14.4 Å². The number of carbonyl (C=O) groups is 1. The van der Waals surface area contributed by atoms with E-state index in [0.717, 1.165) is 27.6 Å². The van der Waals surface area contributed by atoms with Crippen molar-refractivity contribution in [1.82, 2.24) is 5.48 Å². The zero-order chi connectivity index (χ0) is 23.0. The van der Waals surface area contributed by atoms with Crippen LogP contribution in [-0.2, 0) is 18.0 Å². The predicted molar refractivity (Wildman–Crippen MR) is 128 cm³/mol. The van der Waals surface area contributed by atoms with Crippen molar-refractivity contribution in [3.63, 3.8) is 0 Å². The number of hydrogen-bond donors (Lipinski definition) is 2. The smallest absolute Gasteiger partial charge is 0.276 e. The Bertz CT molecular complexity index is 1310. The van der Waals surface area contributed by atoms with Gasteiger partial charge in [0.05, 0.1) is 30.9 Å². The number of benzene rings is 4. The SMILES string of the molecule is COc1ccc(CNc2ccccc2C(=O)NOCc2ccc(C#N)cc2)c2ccccc12. The van der Waals surface area contributed by atoms with Crippen molar-refractivity contribution in [3.8, 4) is 11.8 Å². The molecule has 1 amide bonds. The van der Waals surface area contributed by atoms with Gasteiger partial charge in [0.25, 0.3) is 5.91 Å². The average molecular weight is 437 g/mol. The molecular formula is C27H23N3O3. The molecule has 0 heterocycles. The molecule has 0 saturated carbocycles. The van der Waals surface area contributed by atoms with E-state index in [9.17, 15) is 4.79 Å². The van der Waals surface area contributed by atoms with Gasteiger partial charge in [-0.1, -0.05) is 54.6 Å². The monoisotopic (exact) mass is 437 g/mol. The Hall–Kier alpha value is -4.34. The summed E-state index contributed by atoms with van der Waals surface area (Å²) < 4.78 is 5.48. The first kappa shape index (κ1) is 21.9. The number of amides is 1. The van der Waals surface area contributed by atoms with E-state index in [4.69, 9.17) is 14.8 Å². The van der Waals surface area contributed by atoms with Crippen LogP contribution in [0.3, 0.4) is 0 Å². The van der Waals surface area contributed by atoms with Crippen LogP contribution < -0.4 is 15.5 Å². The normalized spacial score (nSPS) is 10.4. The highest BCUT2D eigenvalue weighted by Gasteiger charge is 2.12. The second kappa shape index (κ2) is 10.3. The Morgan fingerprint density at radius 1 is 0.909 bits per heavy atom. The van der Waals surface area contributed by atoms with Crippen LogP contribution in [0.1, 0.15) is 27.0 Å². The van der Waals surface area contributed by atoms with Crippen LogP contribution in [0.5, 0.6) is 5.75 Å². The van der Waals surface area contributed by atoms with Gasteiger partial charge in [0, 0.05) is 17.6 Å². The van der Waals surface area contributed by atoms with Gasteiger partial charge in [-0.3, -0.25) is 9.63 Å². The number of hydrogen-bond acceptors (Lipinski definition) is 5. The standard InChI is InChI=1S/C27H23N3O3/c1-32-26-15-14-21(22-6-2-3-7-23(22)26)17-29-25-9-5-4-8-24(25)27(31)30-33-18-20-12-10-19(16-28)11-13-20/h2-15,29H,17-18H2,1H3,(H,30,31). The molecule has 4 aromatic carbocycles. The topological polar surface area (TPSA) is 83.4 Å². The summed E-state index contributed by atoms with van der Waals surface area (Å²) in [5.41, 5.74) is 6.21. The zero-order valence-electron chi connectivity index (χ0n) is 18.2. The van der Waals surface area contributed by atoms with E-state index in [2.05, 4.69) is 22.9 Å². The van der Waals surface area contributed by atoms with E-state index in [0.29, 0.717) is 23.4 Å². The van der Waals surface area contributed by atoms with Gasteiger partial charge in [-0.15, -0.1) is 0 Å². The third kappa shape index (κ3) is 5.12. The third-order valence-corrected chi connectivity index (χ3v) is 5.32. The molecular weight excluding hydrogens is 414 g/mol. The van der Waals surface area contributed by atoms with Gasteiger partial charge in [0.15, 0.2) is 0 Å². The number of carbonyl (C=O) groups excluding carboxylic acids is 1. The first-order valence-electron chi connectivity index (χ1n) is 10.5. The van der Waals surface area contributed by atoms with Crippen LogP contribution in [0.15, 0.2) is 84.9 Å². The van der Waals surface area contributed by atoms with Crippen LogP contribution in [0.4, 0.5) is 5.69 Å². The maximum Gasteiger partial charge on any atom is 0.276 e. The maximum absolute atomic E-state index is 12.7. The lowest BCUT2D eigenvalue weighted by molar-refractivity contribution is 0.0234. The van der Waals surface area contributed by atoms with Crippen LogP contribution in [-0.4, -0.2) is 13.0 Å². The van der Waals surface area contributed by atoms with Crippen molar-refractivity contribution in [1.29, 1.82) is 5.26 Å². The molecule has 2 N–H and O–H groups in total.